The van der Waals surface area contributed by atoms with Crippen LogP contribution in [0.3, 0.4) is 0 Å². The molecule has 0 bridgehead atoms. The number of aliphatic hydroxyl groups excluding tert-OH is 1. The van der Waals surface area contributed by atoms with Crippen molar-refractivity contribution in [3.8, 4) is 0 Å². The van der Waals surface area contributed by atoms with E-state index < -0.39 is 18.2 Å². The molecule has 6 nitrogen and oxygen atoms in total. The van der Waals surface area contributed by atoms with Crippen LogP contribution < -0.4 is 0 Å². The molecule has 1 saturated heterocycles. The minimum atomic E-state index is -0.710. The Hall–Kier alpha value is -2.21. The van der Waals surface area contributed by atoms with Crippen LogP contribution in [0.5, 0.6) is 0 Å². The second-order valence-corrected chi connectivity index (χ2v) is 5.30. The van der Waals surface area contributed by atoms with E-state index in [4.69, 9.17) is 4.74 Å². The van der Waals surface area contributed by atoms with Crippen molar-refractivity contribution in [2.45, 2.75) is 31.5 Å². The topological polar surface area (TPSA) is 83.9 Å². The Morgan fingerprint density at radius 3 is 2.33 bits per heavy atom. The molecule has 1 N–H and O–H groups in total. The molecule has 2 atom stereocenters. The zero-order chi connectivity index (χ0) is 15.0. The first kappa shape index (κ1) is 13.8. The Bertz CT molecular complexity index is 577. The summed E-state index contributed by atoms with van der Waals surface area (Å²) < 4.78 is 5.12. The van der Waals surface area contributed by atoms with E-state index in [0.29, 0.717) is 24.0 Å². The van der Waals surface area contributed by atoms with Crippen LogP contribution in [0.15, 0.2) is 24.3 Å². The number of esters is 1. The second kappa shape index (κ2) is 5.29. The van der Waals surface area contributed by atoms with E-state index in [2.05, 4.69) is 0 Å². The van der Waals surface area contributed by atoms with Crippen LogP contribution in [0.25, 0.3) is 0 Å². The van der Waals surface area contributed by atoms with Gasteiger partial charge in [0.2, 0.25) is 0 Å². The summed E-state index contributed by atoms with van der Waals surface area (Å²) in [4.78, 5) is 36.7. The summed E-state index contributed by atoms with van der Waals surface area (Å²) in [6.07, 6.45) is -0.476. The van der Waals surface area contributed by atoms with E-state index in [1.54, 1.807) is 24.3 Å². The molecule has 3 rings (SSSR count). The van der Waals surface area contributed by atoms with E-state index in [0.717, 1.165) is 0 Å². The van der Waals surface area contributed by atoms with Gasteiger partial charge in [0.05, 0.1) is 23.7 Å². The van der Waals surface area contributed by atoms with Crippen molar-refractivity contribution in [2.24, 2.45) is 0 Å². The lowest BCUT2D eigenvalue weighted by molar-refractivity contribution is -0.160. The first-order chi connectivity index (χ1) is 10.1. The molecule has 2 unspecified atom stereocenters. The van der Waals surface area contributed by atoms with Crippen LogP contribution in [0.2, 0.25) is 0 Å². The lowest BCUT2D eigenvalue weighted by Crippen LogP contribution is -2.37. The minimum Gasteiger partial charge on any atom is -0.462 e. The third-order valence-corrected chi connectivity index (χ3v) is 3.79. The molecule has 1 aromatic carbocycles. The fraction of sp³-hybridized carbons (Fsp3) is 0.400. The number of imide groups is 1. The van der Waals surface area contributed by atoms with Gasteiger partial charge in [0.1, 0.15) is 6.10 Å². The molecule has 1 fully saturated rings. The Kier molecular flexibility index (Phi) is 3.47. The van der Waals surface area contributed by atoms with Crippen molar-refractivity contribution in [3.63, 3.8) is 0 Å². The summed E-state index contributed by atoms with van der Waals surface area (Å²) in [5, 5.41) is 9.54. The number of rotatable bonds is 3. The zero-order valence-electron chi connectivity index (χ0n) is 11.3. The van der Waals surface area contributed by atoms with Gasteiger partial charge in [-0.15, -0.1) is 0 Å². The van der Waals surface area contributed by atoms with Crippen LogP contribution in [-0.4, -0.2) is 46.5 Å². The quantitative estimate of drug-likeness (QED) is 0.655. The highest BCUT2D eigenvalue weighted by Crippen LogP contribution is 2.24. The summed E-state index contributed by atoms with van der Waals surface area (Å²) >= 11 is 0. The summed E-state index contributed by atoms with van der Waals surface area (Å²) in [6.45, 7) is 0.178. The van der Waals surface area contributed by atoms with Crippen molar-refractivity contribution in [1.29, 1.82) is 0 Å². The van der Waals surface area contributed by atoms with Crippen molar-refractivity contribution in [3.05, 3.63) is 35.4 Å². The Morgan fingerprint density at radius 2 is 1.76 bits per heavy atom. The number of hydrogen-bond acceptors (Lipinski definition) is 5. The van der Waals surface area contributed by atoms with E-state index in [9.17, 15) is 19.5 Å². The summed E-state index contributed by atoms with van der Waals surface area (Å²) in [7, 11) is 0. The average molecular weight is 289 g/mol. The maximum absolute atomic E-state index is 12.2. The van der Waals surface area contributed by atoms with Gasteiger partial charge in [0.15, 0.2) is 0 Å². The average Bonchev–Trinajstić information content (AvgIpc) is 2.69. The predicted octanol–water partition coefficient (Wildman–Crippen LogP) is 0.739. The number of hydrogen-bond donors (Lipinski definition) is 1. The first-order valence-corrected chi connectivity index (χ1v) is 6.89. The van der Waals surface area contributed by atoms with Gasteiger partial charge in [-0.2, -0.15) is 0 Å². The molecule has 2 heterocycles. The van der Waals surface area contributed by atoms with Gasteiger partial charge in [-0.3, -0.25) is 19.3 Å². The fourth-order valence-electron chi connectivity index (χ4n) is 2.75. The maximum Gasteiger partial charge on any atom is 0.308 e. The molecule has 6 heteroatoms. The lowest BCUT2D eigenvalue weighted by atomic mass is 10.0. The van der Waals surface area contributed by atoms with Gasteiger partial charge in [0, 0.05) is 19.4 Å². The number of nitrogens with zero attached hydrogens (tertiary/aromatic N) is 1. The van der Waals surface area contributed by atoms with Gasteiger partial charge >= 0.3 is 5.97 Å². The third-order valence-electron chi connectivity index (χ3n) is 3.79. The third kappa shape index (κ3) is 2.54. The van der Waals surface area contributed by atoms with Crippen molar-refractivity contribution in [1.82, 2.24) is 4.90 Å². The summed E-state index contributed by atoms with van der Waals surface area (Å²) in [6, 6.07) is 6.68. The fourth-order valence-corrected chi connectivity index (χ4v) is 2.75. The molecular formula is C15H15NO5. The number of amides is 2. The molecule has 0 spiro atoms. The van der Waals surface area contributed by atoms with Crippen LogP contribution >= 0.6 is 0 Å². The smallest absolute Gasteiger partial charge is 0.308 e. The van der Waals surface area contributed by atoms with Crippen LogP contribution in [-0.2, 0) is 9.53 Å². The van der Waals surface area contributed by atoms with E-state index >= 15 is 0 Å². The van der Waals surface area contributed by atoms with Crippen LogP contribution in [0, 0.1) is 0 Å². The Morgan fingerprint density at radius 1 is 1.14 bits per heavy atom. The minimum absolute atomic E-state index is 0.00349. The van der Waals surface area contributed by atoms with Gasteiger partial charge < -0.3 is 9.84 Å². The SMILES string of the molecule is O=C1CC(O)CC(CCN2C(=O)c3ccccc3C2=O)O1. The van der Waals surface area contributed by atoms with Crippen molar-refractivity contribution < 1.29 is 24.2 Å². The molecule has 0 saturated carbocycles. The number of benzene rings is 1. The van der Waals surface area contributed by atoms with E-state index in [-0.39, 0.29) is 24.8 Å². The summed E-state index contributed by atoms with van der Waals surface area (Å²) in [5.41, 5.74) is 0.811. The number of fused-ring (bicyclic) bond motifs is 1. The predicted molar refractivity (Wildman–Crippen MR) is 71.5 cm³/mol. The Balaban J connectivity index is 1.66. The largest absolute Gasteiger partial charge is 0.462 e. The standard InChI is InChI=1S/C15H15NO5/c17-9-7-10(21-13(18)8-9)5-6-16-14(19)11-3-1-2-4-12(11)15(16)20/h1-4,9-10,17H,5-8H2. The lowest BCUT2D eigenvalue weighted by Gasteiger charge is -2.27. The monoisotopic (exact) mass is 289 g/mol. The molecule has 2 amide bonds. The molecule has 0 aliphatic carbocycles. The number of carbonyl (C=O) groups is 3. The highest BCUT2D eigenvalue weighted by Gasteiger charge is 2.36. The number of ether oxygens (including phenoxy) is 1. The Labute approximate surface area is 121 Å². The second-order valence-electron chi connectivity index (χ2n) is 5.30. The molecule has 0 aromatic heterocycles. The number of carbonyl (C=O) groups excluding carboxylic acids is 3. The molecule has 2 aliphatic heterocycles. The highest BCUT2D eigenvalue weighted by molar-refractivity contribution is 6.21. The number of aliphatic hydroxyl groups is 1. The molecule has 2 aliphatic rings. The van der Waals surface area contributed by atoms with Crippen molar-refractivity contribution >= 4 is 17.8 Å². The number of cyclic esters (lactones) is 1. The molecule has 1 aromatic rings. The van der Waals surface area contributed by atoms with Crippen LogP contribution in [0.1, 0.15) is 40.0 Å². The van der Waals surface area contributed by atoms with Crippen molar-refractivity contribution in [2.75, 3.05) is 6.54 Å². The molecule has 110 valence electrons. The first-order valence-electron chi connectivity index (χ1n) is 6.89. The van der Waals surface area contributed by atoms with E-state index in [1.807, 2.05) is 0 Å². The van der Waals surface area contributed by atoms with Gasteiger partial charge in [-0.25, -0.2) is 0 Å². The zero-order valence-corrected chi connectivity index (χ0v) is 11.3. The van der Waals surface area contributed by atoms with Gasteiger partial charge in [-0.1, -0.05) is 12.1 Å². The van der Waals surface area contributed by atoms with Crippen LogP contribution in [0.4, 0.5) is 0 Å². The van der Waals surface area contributed by atoms with E-state index in [1.165, 1.54) is 4.90 Å². The molecular weight excluding hydrogens is 274 g/mol. The van der Waals surface area contributed by atoms with Gasteiger partial charge in [0.25, 0.3) is 11.8 Å². The summed E-state index contributed by atoms with van der Waals surface area (Å²) in [5.74, 6) is -1.09. The molecule has 0 radical (unpaired) electrons. The van der Waals surface area contributed by atoms with Gasteiger partial charge in [-0.05, 0) is 12.1 Å². The maximum atomic E-state index is 12.2. The highest BCUT2D eigenvalue weighted by atomic mass is 16.5. The molecule has 21 heavy (non-hydrogen) atoms. The normalized spacial score (nSPS) is 25.0.